The average Bonchev–Trinajstić information content (AvgIpc) is 2.77. The third-order valence-corrected chi connectivity index (χ3v) is 7.03. The molecule has 0 amide bonds. The summed E-state index contributed by atoms with van der Waals surface area (Å²) < 4.78 is 18.8. The van der Waals surface area contributed by atoms with E-state index in [-0.39, 0.29) is 11.7 Å². The van der Waals surface area contributed by atoms with Crippen LogP contribution in [0.1, 0.15) is 48.6 Å². The number of aryl methyl sites for hydroxylation is 1. The van der Waals surface area contributed by atoms with E-state index in [9.17, 15) is 0 Å². The van der Waals surface area contributed by atoms with Gasteiger partial charge < -0.3 is 14.2 Å². The highest BCUT2D eigenvalue weighted by Gasteiger charge is 2.53. The van der Waals surface area contributed by atoms with E-state index in [1.165, 1.54) is 17.7 Å². The van der Waals surface area contributed by atoms with Crippen molar-refractivity contribution in [3.05, 3.63) is 53.3 Å². The number of aromatic nitrogens is 1. The highest BCUT2D eigenvalue weighted by molar-refractivity contribution is 5.50. The van der Waals surface area contributed by atoms with Crippen LogP contribution in [-0.4, -0.2) is 42.3 Å². The molecule has 0 N–H and O–H groups in total. The van der Waals surface area contributed by atoms with Crippen LogP contribution >= 0.6 is 0 Å². The minimum Gasteiger partial charge on any atom is -0.493 e. The van der Waals surface area contributed by atoms with Crippen molar-refractivity contribution in [2.24, 2.45) is 5.92 Å². The van der Waals surface area contributed by atoms with Gasteiger partial charge in [0.1, 0.15) is 5.60 Å². The van der Waals surface area contributed by atoms with Crippen LogP contribution in [0.5, 0.6) is 11.5 Å². The molecule has 1 spiro atoms. The van der Waals surface area contributed by atoms with Gasteiger partial charge in [-0.3, -0.25) is 9.88 Å². The Hall–Kier alpha value is -2.11. The lowest BCUT2D eigenvalue weighted by Crippen LogP contribution is -2.57. The van der Waals surface area contributed by atoms with E-state index < -0.39 is 0 Å². The molecule has 2 fully saturated rings. The van der Waals surface area contributed by atoms with E-state index in [1.807, 2.05) is 24.4 Å². The van der Waals surface area contributed by atoms with Gasteiger partial charge in [0.2, 0.25) is 0 Å². The summed E-state index contributed by atoms with van der Waals surface area (Å²) in [6.07, 6.45) is 6.32. The predicted octanol–water partition coefficient (Wildman–Crippen LogP) is 4.29. The van der Waals surface area contributed by atoms with Gasteiger partial charge in [-0.15, -0.1) is 0 Å². The topological polar surface area (TPSA) is 43.8 Å². The normalized spacial score (nSPS) is 25.7. The van der Waals surface area contributed by atoms with Crippen LogP contribution < -0.4 is 9.47 Å². The number of likely N-dealkylation sites (tertiary alicyclic amines) is 1. The predicted molar refractivity (Wildman–Crippen MR) is 111 cm³/mol. The number of fused-ring (bicyclic) bond motifs is 4. The molecule has 2 aromatic rings. The molecule has 3 aliphatic rings. The Balaban J connectivity index is 1.39. The molecule has 154 valence electrons. The first-order chi connectivity index (χ1) is 14.2. The Bertz CT molecular complexity index is 876. The van der Waals surface area contributed by atoms with Crippen molar-refractivity contribution in [2.45, 2.75) is 50.9 Å². The summed E-state index contributed by atoms with van der Waals surface area (Å²) in [5.41, 5.74) is 3.44. The molecule has 1 aromatic heterocycles. The number of nitrogens with zero attached hydrogens (tertiary/aromatic N) is 2. The summed E-state index contributed by atoms with van der Waals surface area (Å²) in [6.45, 7) is 5.92. The number of para-hydroxylation sites is 1. The van der Waals surface area contributed by atoms with Crippen molar-refractivity contribution in [3.63, 3.8) is 0 Å². The van der Waals surface area contributed by atoms with E-state index in [2.05, 4.69) is 28.9 Å². The van der Waals surface area contributed by atoms with Crippen molar-refractivity contribution >= 4 is 0 Å². The lowest BCUT2D eigenvalue weighted by molar-refractivity contribution is -0.150. The molecular formula is C24H30N2O3. The molecule has 3 aliphatic heterocycles. The highest BCUT2D eigenvalue weighted by Crippen LogP contribution is 2.55. The number of benzene rings is 1. The van der Waals surface area contributed by atoms with Crippen molar-refractivity contribution in [1.82, 2.24) is 9.88 Å². The molecule has 5 nitrogen and oxygen atoms in total. The van der Waals surface area contributed by atoms with Crippen LogP contribution in [-0.2, 0) is 11.3 Å². The summed E-state index contributed by atoms with van der Waals surface area (Å²) in [7, 11) is 1.72. The lowest BCUT2D eigenvalue weighted by Gasteiger charge is -2.53. The van der Waals surface area contributed by atoms with Gasteiger partial charge >= 0.3 is 0 Å². The molecule has 1 aromatic carbocycles. The van der Waals surface area contributed by atoms with Crippen LogP contribution in [0.3, 0.4) is 0 Å². The monoisotopic (exact) mass is 394 g/mol. The maximum absolute atomic E-state index is 6.83. The summed E-state index contributed by atoms with van der Waals surface area (Å²) >= 11 is 0. The van der Waals surface area contributed by atoms with Crippen LogP contribution in [0.25, 0.3) is 0 Å². The van der Waals surface area contributed by atoms with Gasteiger partial charge in [-0.2, -0.15) is 0 Å². The molecule has 5 heteroatoms. The molecule has 0 saturated carbocycles. The minimum atomic E-state index is -0.164. The van der Waals surface area contributed by atoms with Gasteiger partial charge in [-0.1, -0.05) is 18.2 Å². The van der Waals surface area contributed by atoms with Gasteiger partial charge in [-0.05, 0) is 37.5 Å². The van der Waals surface area contributed by atoms with Gasteiger partial charge in [0, 0.05) is 56.8 Å². The summed E-state index contributed by atoms with van der Waals surface area (Å²) in [4.78, 5) is 7.10. The zero-order valence-electron chi connectivity index (χ0n) is 17.4. The second-order valence-corrected chi connectivity index (χ2v) is 8.63. The minimum absolute atomic E-state index is 0.118. The first-order valence-corrected chi connectivity index (χ1v) is 10.8. The van der Waals surface area contributed by atoms with Crippen LogP contribution in [0.2, 0.25) is 0 Å². The van der Waals surface area contributed by atoms with E-state index in [4.69, 9.17) is 14.2 Å². The van der Waals surface area contributed by atoms with Crippen LogP contribution in [0.15, 0.2) is 36.5 Å². The largest absolute Gasteiger partial charge is 0.493 e. The molecule has 29 heavy (non-hydrogen) atoms. The Kier molecular flexibility index (Phi) is 4.96. The van der Waals surface area contributed by atoms with Gasteiger partial charge in [0.25, 0.3) is 0 Å². The van der Waals surface area contributed by atoms with E-state index in [1.54, 1.807) is 7.11 Å². The van der Waals surface area contributed by atoms with Crippen molar-refractivity contribution < 1.29 is 14.2 Å². The fourth-order valence-corrected chi connectivity index (χ4v) is 5.39. The summed E-state index contributed by atoms with van der Waals surface area (Å²) in [5.74, 6) is 2.13. The van der Waals surface area contributed by atoms with Crippen LogP contribution in [0.4, 0.5) is 0 Å². The SMILES string of the molecule is COc1cccc2c1OC1(CCN(Cc3ncccc3C)CC1)[C@@H]1CCCO[C@@H]21. The Morgan fingerprint density at radius 1 is 1.21 bits per heavy atom. The molecule has 0 bridgehead atoms. The highest BCUT2D eigenvalue weighted by atomic mass is 16.5. The Labute approximate surface area is 173 Å². The standard InChI is InChI=1S/C24H30N2O3/c1-17-6-4-12-25-20(17)16-26-13-10-24(11-14-26)19-8-5-15-28-22(19)18-7-3-9-21(27-2)23(18)29-24/h3-4,6-7,9,12,19,22H,5,8,10-11,13-16H2,1-2H3/t19-,22+/m1/s1. The second kappa shape index (κ2) is 7.62. The molecule has 4 heterocycles. The Morgan fingerprint density at radius 2 is 2.07 bits per heavy atom. The molecule has 0 aliphatic carbocycles. The molecule has 5 rings (SSSR count). The summed E-state index contributed by atoms with van der Waals surface area (Å²) in [5, 5.41) is 0. The molecular weight excluding hydrogens is 364 g/mol. The second-order valence-electron chi connectivity index (χ2n) is 8.63. The van der Waals surface area contributed by atoms with E-state index in [0.717, 1.165) is 62.6 Å². The Morgan fingerprint density at radius 3 is 2.86 bits per heavy atom. The lowest BCUT2D eigenvalue weighted by atomic mass is 9.70. The van der Waals surface area contributed by atoms with Crippen molar-refractivity contribution in [2.75, 3.05) is 26.8 Å². The number of piperidine rings is 1. The van der Waals surface area contributed by atoms with Gasteiger partial charge in [-0.25, -0.2) is 0 Å². The zero-order valence-corrected chi connectivity index (χ0v) is 17.4. The fourth-order valence-electron chi connectivity index (χ4n) is 5.39. The first-order valence-electron chi connectivity index (χ1n) is 10.8. The van der Waals surface area contributed by atoms with E-state index >= 15 is 0 Å². The maximum atomic E-state index is 6.83. The molecule has 0 unspecified atom stereocenters. The third-order valence-electron chi connectivity index (χ3n) is 7.03. The molecule has 2 saturated heterocycles. The van der Waals surface area contributed by atoms with E-state index in [0.29, 0.717) is 5.92 Å². The average molecular weight is 395 g/mol. The molecule has 0 radical (unpaired) electrons. The van der Waals surface area contributed by atoms with Gasteiger partial charge in [0.05, 0.1) is 18.9 Å². The fraction of sp³-hybridized carbons (Fsp3) is 0.542. The number of methoxy groups -OCH3 is 1. The van der Waals surface area contributed by atoms with Gasteiger partial charge in [0.15, 0.2) is 11.5 Å². The maximum Gasteiger partial charge on any atom is 0.167 e. The van der Waals surface area contributed by atoms with Crippen LogP contribution in [0, 0.1) is 12.8 Å². The quantitative estimate of drug-likeness (QED) is 0.777. The molecule has 2 atom stereocenters. The number of hydrogen-bond acceptors (Lipinski definition) is 5. The zero-order chi connectivity index (χ0) is 19.8. The summed E-state index contributed by atoms with van der Waals surface area (Å²) in [6, 6.07) is 10.3. The number of ether oxygens (including phenoxy) is 3. The number of rotatable bonds is 3. The third kappa shape index (κ3) is 3.30. The first kappa shape index (κ1) is 18.9. The number of hydrogen-bond donors (Lipinski definition) is 0. The smallest absolute Gasteiger partial charge is 0.167 e. The van der Waals surface area contributed by atoms with Crippen molar-refractivity contribution in [3.8, 4) is 11.5 Å². The van der Waals surface area contributed by atoms with Crippen molar-refractivity contribution in [1.29, 1.82) is 0 Å². The number of pyridine rings is 1.